The lowest BCUT2D eigenvalue weighted by molar-refractivity contribution is -0.110. The summed E-state index contributed by atoms with van der Waals surface area (Å²) in [5.74, 6) is -1.01. The molecule has 1 amide bonds. The van der Waals surface area contributed by atoms with Gasteiger partial charge in [0.1, 0.15) is 6.21 Å². The van der Waals surface area contributed by atoms with Crippen LogP contribution in [-0.4, -0.2) is 30.4 Å². The van der Waals surface area contributed by atoms with Crippen LogP contribution in [0.2, 0.25) is 0 Å². The van der Waals surface area contributed by atoms with E-state index >= 15 is 0 Å². The Balaban J connectivity index is 2.72. The number of benzene rings is 1. The Morgan fingerprint density at radius 2 is 2.00 bits per heavy atom. The van der Waals surface area contributed by atoms with E-state index in [1.54, 1.807) is 0 Å². The number of amides is 1. The predicted octanol–water partition coefficient (Wildman–Crippen LogP) is 0.872. The lowest BCUT2D eigenvalue weighted by atomic mass is 10.2. The lowest BCUT2D eigenvalue weighted by Gasteiger charge is -2.02. The molecular formula is C10H10N2O4. The summed E-state index contributed by atoms with van der Waals surface area (Å²) in [5, 5.41) is 13.1. The molecule has 0 spiro atoms. The van der Waals surface area contributed by atoms with Gasteiger partial charge in [-0.2, -0.15) is 0 Å². The van der Waals surface area contributed by atoms with Gasteiger partial charge in [-0.25, -0.2) is 4.79 Å². The topological polar surface area (TPSA) is 88.0 Å². The van der Waals surface area contributed by atoms with Gasteiger partial charge in [0, 0.05) is 5.69 Å². The Bertz CT molecular complexity index is 411. The Labute approximate surface area is 91.5 Å². The highest BCUT2D eigenvalue weighted by Crippen LogP contribution is 2.09. The van der Waals surface area contributed by atoms with Gasteiger partial charge in [-0.3, -0.25) is 4.79 Å². The summed E-state index contributed by atoms with van der Waals surface area (Å²) in [6, 6.07) is 6.10. The Morgan fingerprint density at radius 3 is 2.50 bits per heavy atom. The molecule has 1 aromatic carbocycles. The predicted molar refractivity (Wildman–Crippen MR) is 56.7 cm³/mol. The second-order valence-corrected chi connectivity index (χ2v) is 2.80. The van der Waals surface area contributed by atoms with Gasteiger partial charge in [0.05, 0.1) is 12.7 Å². The third-order valence-electron chi connectivity index (χ3n) is 1.75. The molecule has 0 aliphatic rings. The maximum Gasteiger partial charge on any atom is 0.337 e. The second kappa shape index (κ2) is 5.50. The monoisotopic (exact) mass is 222 g/mol. The summed E-state index contributed by atoms with van der Waals surface area (Å²) in [7, 11) is 1.29. The first-order valence-corrected chi connectivity index (χ1v) is 4.34. The highest BCUT2D eigenvalue weighted by molar-refractivity contribution is 6.31. The zero-order valence-corrected chi connectivity index (χ0v) is 8.51. The van der Waals surface area contributed by atoms with E-state index in [0.29, 0.717) is 11.3 Å². The first-order valence-electron chi connectivity index (χ1n) is 4.34. The fourth-order valence-electron chi connectivity index (χ4n) is 1.03. The molecule has 0 saturated heterocycles. The normalized spacial score (nSPS) is 10.1. The molecule has 0 bridgehead atoms. The van der Waals surface area contributed by atoms with Crippen molar-refractivity contribution in [2.75, 3.05) is 12.4 Å². The molecule has 84 valence electrons. The Kier molecular flexibility index (Phi) is 4.02. The summed E-state index contributed by atoms with van der Waals surface area (Å²) in [6.07, 6.45) is 0.730. The first-order chi connectivity index (χ1) is 7.67. The zero-order chi connectivity index (χ0) is 12.0. The van der Waals surface area contributed by atoms with E-state index in [1.165, 1.54) is 31.4 Å². The molecule has 0 aliphatic heterocycles. The number of nitrogens with one attached hydrogen (secondary N) is 1. The lowest BCUT2D eigenvalue weighted by Crippen LogP contribution is -2.12. The molecule has 6 heteroatoms. The molecular weight excluding hydrogens is 212 g/mol. The third kappa shape index (κ3) is 3.09. The van der Waals surface area contributed by atoms with Gasteiger partial charge in [-0.05, 0) is 24.3 Å². The van der Waals surface area contributed by atoms with E-state index in [4.69, 9.17) is 5.21 Å². The number of methoxy groups -OCH3 is 1. The van der Waals surface area contributed by atoms with Gasteiger partial charge >= 0.3 is 5.97 Å². The number of rotatable bonds is 3. The maximum absolute atomic E-state index is 11.1. The van der Waals surface area contributed by atoms with Crippen LogP contribution < -0.4 is 5.32 Å². The van der Waals surface area contributed by atoms with Crippen LogP contribution in [0.3, 0.4) is 0 Å². The molecule has 6 nitrogen and oxygen atoms in total. The molecule has 2 N–H and O–H groups in total. The van der Waals surface area contributed by atoms with Crippen LogP contribution >= 0.6 is 0 Å². The minimum Gasteiger partial charge on any atom is -0.465 e. The van der Waals surface area contributed by atoms with Crippen LogP contribution in [0.1, 0.15) is 10.4 Å². The second-order valence-electron chi connectivity index (χ2n) is 2.80. The van der Waals surface area contributed by atoms with Crippen LogP contribution in [0.15, 0.2) is 29.4 Å². The fourth-order valence-corrected chi connectivity index (χ4v) is 1.03. The summed E-state index contributed by atoms with van der Waals surface area (Å²) in [4.78, 5) is 22.1. The van der Waals surface area contributed by atoms with Gasteiger partial charge in [0.25, 0.3) is 5.91 Å². The number of hydrogen-bond acceptors (Lipinski definition) is 5. The van der Waals surface area contributed by atoms with E-state index < -0.39 is 11.9 Å². The molecule has 0 saturated carbocycles. The van der Waals surface area contributed by atoms with Gasteiger partial charge in [-0.1, -0.05) is 5.16 Å². The average molecular weight is 222 g/mol. The maximum atomic E-state index is 11.1. The number of oxime groups is 1. The summed E-state index contributed by atoms with van der Waals surface area (Å²) in [6.45, 7) is 0. The number of nitrogens with zero attached hydrogens (tertiary/aromatic N) is 1. The number of carbonyl (C=O) groups is 2. The SMILES string of the molecule is COC(=O)c1ccc(NC(=O)/C=N/O)cc1. The minimum atomic E-state index is -0.562. The van der Waals surface area contributed by atoms with Gasteiger partial charge in [0.15, 0.2) is 0 Å². The first kappa shape index (κ1) is 11.7. The van der Waals surface area contributed by atoms with E-state index in [0.717, 1.165) is 6.21 Å². The van der Waals surface area contributed by atoms with Crippen molar-refractivity contribution in [1.82, 2.24) is 0 Å². The molecule has 16 heavy (non-hydrogen) atoms. The van der Waals surface area contributed by atoms with Crippen molar-refractivity contribution in [2.45, 2.75) is 0 Å². The molecule has 0 unspecified atom stereocenters. The zero-order valence-electron chi connectivity index (χ0n) is 8.51. The smallest absolute Gasteiger partial charge is 0.337 e. The molecule has 0 aromatic heterocycles. The Morgan fingerprint density at radius 1 is 1.38 bits per heavy atom. The van der Waals surface area contributed by atoms with Crippen LogP contribution in [0.25, 0.3) is 0 Å². The van der Waals surface area contributed by atoms with Gasteiger partial charge in [0.2, 0.25) is 0 Å². The summed E-state index contributed by atoms with van der Waals surface area (Å²) in [5.41, 5.74) is 0.869. The van der Waals surface area contributed by atoms with Gasteiger partial charge < -0.3 is 15.3 Å². The van der Waals surface area contributed by atoms with Crippen molar-refractivity contribution in [2.24, 2.45) is 5.16 Å². The van der Waals surface area contributed by atoms with Crippen LogP contribution in [0.5, 0.6) is 0 Å². The van der Waals surface area contributed by atoms with Crippen molar-refractivity contribution >= 4 is 23.8 Å². The molecule has 0 fully saturated rings. The van der Waals surface area contributed by atoms with E-state index in [9.17, 15) is 9.59 Å². The molecule has 0 aliphatic carbocycles. The molecule has 0 heterocycles. The number of hydrogen-bond donors (Lipinski definition) is 2. The van der Waals surface area contributed by atoms with Crippen molar-refractivity contribution in [3.8, 4) is 0 Å². The van der Waals surface area contributed by atoms with Crippen LogP contribution in [0.4, 0.5) is 5.69 Å². The van der Waals surface area contributed by atoms with Crippen molar-refractivity contribution in [3.63, 3.8) is 0 Å². The average Bonchev–Trinajstić information content (AvgIpc) is 2.29. The van der Waals surface area contributed by atoms with Crippen LogP contribution in [0, 0.1) is 0 Å². The molecule has 0 radical (unpaired) electrons. The summed E-state index contributed by atoms with van der Waals surface area (Å²) >= 11 is 0. The summed E-state index contributed by atoms with van der Waals surface area (Å²) < 4.78 is 4.52. The van der Waals surface area contributed by atoms with Crippen molar-refractivity contribution in [1.29, 1.82) is 0 Å². The largest absolute Gasteiger partial charge is 0.465 e. The standard InChI is InChI=1S/C10H10N2O4/c1-16-10(14)7-2-4-8(5-3-7)12-9(13)6-11-15/h2-6,15H,1H3,(H,12,13)/b11-6+. The van der Waals surface area contributed by atoms with E-state index in [2.05, 4.69) is 15.2 Å². The molecule has 1 rings (SSSR count). The quantitative estimate of drug-likeness (QED) is 0.344. The van der Waals surface area contributed by atoms with Gasteiger partial charge in [-0.15, -0.1) is 0 Å². The highest BCUT2D eigenvalue weighted by atomic mass is 16.5. The van der Waals surface area contributed by atoms with Crippen LogP contribution in [-0.2, 0) is 9.53 Å². The number of ether oxygens (including phenoxy) is 1. The minimum absolute atomic E-state index is 0.385. The highest BCUT2D eigenvalue weighted by Gasteiger charge is 2.05. The number of anilines is 1. The third-order valence-corrected chi connectivity index (χ3v) is 1.75. The van der Waals surface area contributed by atoms with Crippen molar-refractivity contribution in [3.05, 3.63) is 29.8 Å². The molecule has 0 atom stereocenters. The van der Waals surface area contributed by atoms with Crippen molar-refractivity contribution < 1.29 is 19.5 Å². The fraction of sp³-hybridized carbons (Fsp3) is 0.100. The number of carbonyl (C=O) groups excluding carboxylic acids is 2. The molecule has 1 aromatic rings. The van der Waals surface area contributed by atoms with E-state index in [-0.39, 0.29) is 0 Å². The number of esters is 1. The Hall–Kier alpha value is -2.37. The van der Waals surface area contributed by atoms with E-state index in [1.807, 2.05) is 0 Å².